The highest BCUT2D eigenvalue weighted by molar-refractivity contribution is 5.95. The predicted molar refractivity (Wildman–Crippen MR) is 72.7 cm³/mol. The molecule has 0 aliphatic rings. The van der Waals surface area contributed by atoms with Crippen LogP contribution in [0.2, 0.25) is 0 Å². The topological polar surface area (TPSA) is 95.5 Å². The van der Waals surface area contributed by atoms with Crippen molar-refractivity contribution in [2.24, 2.45) is 5.41 Å². The Labute approximate surface area is 117 Å². The van der Waals surface area contributed by atoms with Crippen LogP contribution in [0.5, 0.6) is 0 Å². The molecular weight excluding hydrogens is 260 g/mol. The molecule has 6 heteroatoms. The Morgan fingerprint density at radius 3 is 2.20 bits per heavy atom. The smallest absolute Gasteiger partial charge is 0.303 e. The normalized spacial score (nSPS) is 10.7. The number of aliphatic carboxylic acids is 1. The Hall–Kier alpha value is -2.37. The van der Waals surface area contributed by atoms with Crippen LogP contribution in [0.4, 0.5) is 0 Å². The summed E-state index contributed by atoms with van der Waals surface area (Å²) < 4.78 is 0. The van der Waals surface area contributed by atoms with Crippen molar-refractivity contribution in [3.8, 4) is 0 Å². The Morgan fingerprint density at radius 1 is 1.05 bits per heavy atom. The number of hydrogen-bond acceptors (Lipinski definition) is 3. The van der Waals surface area contributed by atoms with Crippen molar-refractivity contribution in [1.29, 1.82) is 0 Å². The van der Waals surface area contributed by atoms with E-state index in [1.165, 1.54) is 0 Å². The van der Waals surface area contributed by atoms with E-state index in [0.717, 1.165) is 0 Å². The van der Waals surface area contributed by atoms with E-state index < -0.39 is 23.2 Å². The Bertz CT molecular complexity index is 497. The first-order chi connectivity index (χ1) is 9.30. The molecule has 108 valence electrons. The van der Waals surface area contributed by atoms with Crippen molar-refractivity contribution in [1.82, 2.24) is 10.9 Å². The summed E-state index contributed by atoms with van der Waals surface area (Å²) in [6.45, 7) is 3.36. The first-order valence-corrected chi connectivity index (χ1v) is 6.16. The summed E-state index contributed by atoms with van der Waals surface area (Å²) in [5.41, 5.74) is 4.32. The highest BCUT2D eigenvalue weighted by Gasteiger charge is 2.25. The number of carbonyl (C=O) groups excluding carboxylic acids is 2. The highest BCUT2D eigenvalue weighted by atomic mass is 16.4. The van der Waals surface area contributed by atoms with E-state index in [2.05, 4.69) is 10.9 Å². The Balaban J connectivity index is 2.44. The second-order valence-electron chi connectivity index (χ2n) is 5.28. The predicted octanol–water partition coefficient (Wildman–Crippen LogP) is 1.34. The van der Waals surface area contributed by atoms with Crippen molar-refractivity contribution < 1.29 is 19.5 Å². The average molecular weight is 278 g/mol. The maximum Gasteiger partial charge on any atom is 0.303 e. The molecule has 0 bridgehead atoms. The standard InChI is InChI=1S/C14H18N2O4/c1-14(2,9-12(18)19)8-11(17)15-16-13(20)10-6-4-3-5-7-10/h3-7H,8-9H2,1-2H3,(H,15,17)(H,16,20)(H,18,19). The SMILES string of the molecule is CC(C)(CC(=O)O)CC(=O)NNC(=O)c1ccccc1. The van der Waals surface area contributed by atoms with Gasteiger partial charge in [-0.3, -0.25) is 25.2 Å². The summed E-state index contributed by atoms with van der Waals surface area (Å²) in [5, 5.41) is 8.73. The van der Waals surface area contributed by atoms with Crippen LogP contribution in [0.25, 0.3) is 0 Å². The van der Waals surface area contributed by atoms with Crippen molar-refractivity contribution in [3.63, 3.8) is 0 Å². The minimum atomic E-state index is -0.962. The van der Waals surface area contributed by atoms with Gasteiger partial charge in [0.1, 0.15) is 0 Å². The number of benzene rings is 1. The molecule has 2 amide bonds. The number of carboxylic acids is 1. The molecular formula is C14H18N2O4. The van der Waals surface area contributed by atoms with Gasteiger partial charge in [-0.25, -0.2) is 0 Å². The largest absolute Gasteiger partial charge is 0.481 e. The van der Waals surface area contributed by atoms with Gasteiger partial charge >= 0.3 is 5.97 Å². The lowest BCUT2D eigenvalue weighted by molar-refractivity contribution is -0.139. The van der Waals surface area contributed by atoms with Crippen molar-refractivity contribution in [2.75, 3.05) is 0 Å². The lowest BCUT2D eigenvalue weighted by atomic mass is 9.85. The average Bonchev–Trinajstić information content (AvgIpc) is 2.34. The van der Waals surface area contributed by atoms with Crippen LogP contribution in [-0.2, 0) is 9.59 Å². The third-order valence-corrected chi connectivity index (χ3v) is 2.62. The van der Waals surface area contributed by atoms with E-state index in [0.29, 0.717) is 5.56 Å². The number of carbonyl (C=O) groups is 3. The molecule has 0 atom stereocenters. The minimum Gasteiger partial charge on any atom is -0.481 e. The zero-order valence-corrected chi connectivity index (χ0v) is 11.5. The van der Waals surface area contributed by atoms with Crippen LogP contribution in [0.15, 0.2) is 30.3 Å². The zero-order chi connectivity index (χ0) is 15.2. The maximum atomic E-state index is 11.7. The van der Waals surface area contributed by atoms with Gasteiger partial charge in [0, 0.05) is 12.0 Å². The molecule has 0 unspecified atom stereocenters. The quantitative estimate of drug-likeness (QED) is 0.708. The first kappa shape index (κ1) is 15.7. The molecule has 1 aromatic rings. The number of hydrogen-bond donors (Lipinski definition) is 3. The summed E-state index contributed by atoms with van der Waals surface area (Å²) in [4.78, 5) is 34.0. The monoisotopic (exact) mass is 278 g/mol. The van der Waals surface area contributed by atoms with Gasteiger partial charge in [-0.2, -0.15) is 0 Å². The second kappa shape index (κ2) is 6.70. The second-order valence-corrected chi connectivity index (χ2v) is 5.28. The molecule has 0 aromatic heterocycles. The van der Waals surface area contributed by atoms with Gasteiger partial charge in [0.25, 0.3) is 5.91 Å². The number of rotatable bonds is 5. The van der Waals surface area contributed by atoms with E-state index in [1.54, 1.807) is 44.2 Å². The number of amides is 2. The lowest BCUT2D eigenvalue weighted by Gasteiger charge is -2.21. The molecule has 0 heterocycles. The molecule has 3 N–H and O–H groups in total. The van der Waals surface area contributed by atoms with Crippen molar-refractivity contribution >= 4 is 17.8 Å². The molecule has 0 saturated heterocycles. The first-order valence-electron chi connectivity index (χ1n) is 6.16. The molecule has 0 spiro atoms. The molecule has 1 rings (SSSR count). The third kappa shape index (κ3) is 5.51. The molecule has 20 heavy (non-hydrogen) atoms. The molecule has 0 saturated carbocycles. The molecule has 1 aromatic carbocycles. The molecule has 0 aliphatic heterocycles. The summed E-state index contributed by atoms with van der Waals surface area (Å²) >= 11 is 0. The van der Waals surface area contributed by atoms with Gasteiger partial charge in [-0.1, -0.05) is 32.0 Å². The Kier molecular flexibility index (Phi) is 5.25. The number of hydrazine groups is 1. The molecule has 0 aliphatic carbocycles. The van der Waals surface area contributed by atoms with Crippen LogP contribution < -0.4 is 10.9 Å². The third-order valence-electron chi connectivity index (χ3n) is 2.62. The molecule has 0 radical (unpaired) electrons. The van der Waals surface area contributed by atoms with Crippen LogP contribution in [0.3, 0.4) is 0 Å². The van der Waals surface area contributed by atoms with E-state index in [9.17, 15) is 14.4 Å². The Morgan fingerprint density at radius 2 is 1.65 bits per heavy atom. The minimum absolute atomic E-state index is 0.00830. The number of nitrogens with one attached hydrogen (secondary N) is 2. The van der Waals surface area contributed by atoms with Gasteiger partial charge in [0.05, 0.1) is 6.42 Å². The van der Waals surface area contributed by atoms with Gasteiger partial charge in [0.15, 0.2) is 0 Å². The molecule has 6 nitrogen and oxygen atoms in total. The van der Waals surface area contributed by atoms with E-state index in [-0.39, 0.29) is 12.8 Å². The van der Waals surface area contributed by atoms with Gasteiger partial charge in [0.2, 0.25) is 5.91 Å². The fourth-order valence-corrected chi connectivity index (χ4v) is 1.74. The summed E-state index contributed by atoms with van der Waals surface area (Å²) in [6.07, 6.45) is -0.110. The summed E-state index contributed by atoms with van der Waals surface area (Å²) in [5.74, 6) is -1.81. The number of carboxylic acid groups (broad SMARTS) is 1. The van der Waals surface area contributed by atoms with Crippen LogP contribution in [-0.4, -0.2) is 22.9 Å². The fraction of sp³-hybridized carbons (Fsp3) is 0.357. The maximum absolute atomic E-state index is 11.7. The van der Waals surface area contributed by atoms with Crippen LogP contribution >= 0.6 is 0 Å². The van der Waals surface area contributed by atoms with Gasteiger partial charge in [-0.05, 0) is 17.5 Å². The van der Waals surface area contributed by atoms with Gasteiger partial charge in [-0.15, -0.1) is 0 Å². The van der Waals surface area contributed by atoms with Crippen LogP contribution in [0.1, 0.15) is 37.0 Å². The highest BCUT2D eigenvalue weighted by Crippen LogP contribution is 2.24. The van der Waals surface area contributed by atoms with E-state index in [4.69, 9.17) is 5.11 Å². The van der Waals surface area contributed by atoms with Crippen molar-refractivity contribution in [3.05, 3.63) is 35.9 Å². The van der Waals surface area contributed by atoms with E-state index in [1.807, 2.05) is 0 Å². The van der Waals surface area contributed by atoms with Crippen LogP contribution in [0, 0.1) is 5.41 Å². The van der Waals surface area contributed by atoms with Gasteiger partial charge < -0.3 is 5.11 Å². The lowest BCUT2D eigenvalue weighted by Crippen LogP contribution is -2.43. The summed E-state index contributed by atoms with van der Waals surface area (Å²) in [6, 6.07) is 8.45. The fourth-order valence-electron chi connectivity index (χ4n) is 1.74. The molecule has 0 fully saturated rings. The van der Waals surface area contributed by atoms with Crippen molar-refractivity contribution in [2.45, 2.75) is 26.7 Å². The zero-order valence-electron chi connectivity index (χ0n) is 11.5. The van der Waals surface area contributed by atoms with E-state index >= 15 is 0 Å². The summed E-state index contributed by atoms with van der Waals surface area (Å²) in [7, 11) is 0.